The Labute approximate surface area is 102 Å². The third-order valence-corrected chi connectivity index (χ3v) is 3.88. The molecule has 0 spiro atoms. The third kappa shape index (κ3) is 2.07. The highest BCUT2D eigenvalue weighted by Crippen LogP contribution is 2.40. The lowest BCUT2D eigenvalue weighted by Gasteiger charge is -2.48. The van der Waals surface area contributed by atoms with E-state index in [0.717, 1.165) is 5.69 Å². The van der Waals surface area contributed by atoms with Crippen LogP contribution in [0.5, 0.6) is 0 Å². The van der Waals surface area contributed by atoms with Crippen LogP contribution in [0.3, 0.4) is 0 Å². The highest BCUT2D eigenvalue weighted by Gasteiger charge is 2.47. The van der Waals surface area contributed by atoms with Gasteiger partial charge < -0.3 is 10.0 Å². The van der Waals surface area contributed by atoms with E-state index < -0.39 is 5.60 Å². The Balaban J connectivity index is 2.31. The Morgan fingerprint density at radius 2 is 1.76 bits per heavy atom. The van der Waals surface area contributed by atoms with Crippen LogP contribution >= 0.6 is 0 Å². The van der Waals surface area contributed by atoms with Crippen molar-refractivity contribution in [1.29, 1.82) is 0 Å². The molecule has 1 aromatic rings. The van der Waals surface area contributed by atoms with Gasteiger partial charge in [-0.25, -0.2) is 0 Å². The maximum atomic E-state index is 12.1. The van der Waals surface area contributed by atoms with E-state index in [1.54, 1.807) is 11.8 Å². The molecular weight excluding hydrogens is 214 g/mol. The second kappa shape index (κ2) is 3.84. The maximum absolute atomic E-state index is 12.1. The zero-order chi connectivity index (χ0) is 12.7. The SMILES string of the molecule is CC1(C)CN(c2ccccc2)C(=O)CC1(C)O. The second-order valence-electron chi connectivity index (χ2n) is 5.65. The first-order valence-electron chi connectivity index (χ1n) is 5.91. The average molecular weight is 233 g/mol. The van der Waals surface area contributed by atoms with Crippen molar-refractivity contribution in [2.75, 3.05) is 11.4 Å². The van der Waals surface area contributed by atoms with Gasteiger partial charge in [0.05, 0.1) is 12.0 Å². The number of benzene rings is 1. The summed E-state index contributed by atoms with van der Waals surface area (Å²) in [6.07, 6.45) is 0.175. The molecule has 1 saturated heterocycles. The molecule has 0 aliphatic carbocycles. The van der Waals surface area contributed by atoms with E-state index in [1.165, 1.54) is 0 Å². The maximum Gasteiger partial charge on any atom is 0.229 e. The first-order chi connectivity index (χ1) is 7.83. The minimum atomic E-state index is -0.935. The minimum absolute atomic E-state index is 0.0134. The fourth-order valence-corrected chi connectivity index (χ4v) is 2.13. The first kappa shape index (κ1) is 12.1. The molecule has 0 bridgehead atoms. The summed E-state index contributed by atoms with van der Waals surface area (Å²) in [4.78, 5) is 13.8. The van der Waals surface area contributed by atoms with Crippen LogP contribution in [0.4, 0.5) is 5.69 Å². The number of hydrogen-bond donors (Lipinski definition) is 1. The van der Waals surface area contributed by atoms with Crippen molar-refractivity contribution < 1.29 is 9.90 Å². The van der Waals surface area contributed by atoms with Crippen LogP contribution in [-0.2, 0) is 4.79 Å². The number of rotatable bonds is 1. The van der Waals surface area contributed by atoms with Gasteiger partial charge in [-0.05, 0) is 19.1 Å². The number of anilines is 1. The smallest absolute Gasteiger partial charge is 0.229 e. The third-order valence-electron chi connectivity index (χ3n) is 3.88. The monoisotopic (exact) mass is 233 g/mol. The molecule has 1 unspecified atom stereocenters. The van der Waals surface area contributed by atoms with Crippen molar-refractivity contribution in [2.45, 2.75) is 32.8 Å². The van der Waals surface area contributed by atoms with E-state index in [0.29, 0.717) is 6.54 Å². The fourth-order valence-electron chi connectivity index (χ4n) is 2.13. The van der Waals surface area contributed by atoms with Crippen molar-refractivity contribution >= 4 is 11.6 Å². The molecule has 3 heteroatoms. The molecule has 1 fully saturated rings. The number of nitrogens with zero attached hydrogens (tertiary/aromatic N) is 1. The molecule has 92 valence electrons. The number of aliphatic hydroxyl groups is 1. The van der Waals surface area contributed by atoms with Crippen LogP contribution < -0.4 is 4.90 Å². The second-order valence-corrected chi connectivity index (χ2v) is 5.65. The summed E-state index contributed by atoms with van der Waals surface area (Å²) in [6.45, 7) is 6.28. The molecule has 17 heavy (non-hydrogen) atoms. The molecule has 1 aromatic carbocycles. The highest BCUT2D eigenvalue weighted by atomic mass is 16.3. The van der Waals surface area contributed by atoms with Crippen LogP contribution in [0, 0.1) is 5.41 Å². The summed E-state index contributed by atoms with van der Waals surface area (Å²) in [5.74, 6) is -0.0134. The summed E-state index contributed by atoms with van der Waals surface area (Å²) in [5.41, 5.74) is -0.340. The average Bonchev–Trinajstić information content (AvgIpc) is 2.24. The van der Waals surface area contributed by atoms with Gasteiger partial charge in [0, 0.05) is 17.6 Å². The Morgan fingerprint density at radius 3 is 2.35 bits per heavy atom. The number of hydrogen-bond acceptors (Lipinski definition) is 2. The molecule has 2 rings (SSSR count). The first-order valence-corrected chi connectivity index (χ1v) is 5.91. The van der Waals surface area contributed by atoms with Gasteiger partial charge in [-0.3, -0.25) is 4.79 Å². The summed E-state index contributed by atoms with van der Waals surface area (Å²) in [5, 5.41) is 10.3. The Kier molecular flexibility index (Phi) is 2.74. The molecule has 1 aliphatic heterocycles. The number of amides is 1. The largest absolute Gasteiger partial charge is 0.389 e. The zero-order valence-corrected chi connectivity index (χ0v) is 10.6. The molecule has 1 atom stereocenters. The van der Waals surface area contributed by atoms with Crippen LogP contribution in [0.15, 0.2) is 30.3 Å². The zero-order valence-electron chi connectivity index (χ0n) is 10.6. The topological polar surface area (TPSA) is 40.5 Å². The standard InChI is InChI=1S/C14H19NO2/c1-13(2)10-15(11-7-5-4-6-8-11)12(16)9-14(13,3)17/h4-8,17H,9-10H2,1-3H3. The Morgan fingerprint density at radius 1 is 1.18 bits per heavy atom. The van der Waals surface area contributed by atoms with E-state index >= 15 is 0 Å². The summed E-state index contributed by atoms with van der Waals surface area (Å²) < 4.78 is 0. The lowest BCUT2D eigenvalue weighted by Crippen LogP contribution is -2.58. The number of carbonyl (C=O) groups excluding carboxylic acids is 1. The molecule has 0 aromatic heterocycles. The van der Waals surface area contributed by atoms with Crippen LogP contribution in [0.1, 0.15) is 27.2 Å². The van der Waals surface area contributed by atoms with Crippen molar-refractivity contribution in [3.63, 3.8) is 0 Å². The van der Waals surface area contributed by atoms with Gasteiger partial charge in [0.25, 0.3) is 0 Å². The Bertz CT molecular complexity index is 423. The quantitative estimate of drug-likeness (QED) is 0.807. The summed E-state index contributed by atoms with van der Waals surface area (Å²) in [7, 11) is 0. The molecule has 1 heterocycles. The predicted octanol–water partition coefficient (Wildman–Crippen LogP) is 2.20. The molecule has 1 aliphatic rings. The molecule has 1 N–H and O–H groups in total. The van der Waals surface area contributed by atoms with Gasteiger partial charge in [0.2, 0.25) is 5.91 Å². The minimum Gasteiger partial charge on any atom is -0.389 e. The molecule has 0 saturated carbocycles. The van der Waals surface area contributed by atoms with Gasteiger partial charge in [-0.2, -0.15) is 0 Å². The van der Waals surface area contributed by atoms with E-state index in [1.807, 2.05) is 44.2 Å². The molecule has 1 amide bonds. The number of carbonyl (C=O) groups is 1. The fraction of sp³-hybridized carbons (Fsp3) is 0.500. The van der Waals surface area contributed by atoms with Crippen molar-refractivity contribution in [3.05, 3.63) is 30.3 Å². The van der Waals surface area contributed by atoms with Crippen molar-refractivity contribution in [3.8, 4) is 0 Å². The lowest BCUT2D eigenvalue weighted by atomic mass is 9.71. The van der Waals surface area contributed by atoms with Gasteiger partial charge in [0.15, 0.2) is 0 Å². The number of piperidine rings is 1. The molecular formula is C14H19NO2. The molecule has 3 nitrogen and oxygen atoms in total. The highest BCUT2D eigenvalue weighted by molar-refractivity contribution is 5.95. The van der Waals surface area contributed by atoms with Gasteiger partial charge in [-0.15, -0.1) is 0 Å². The normalized spacial score (nSPS) is 28.2. The van der Waals surface area contributed by atoms with E-state index in [-0.39, 0.29) is 17.7 Å². The number of para-hydroxylation sites is 1. The summed E-state index contributed by atoms with van der Waals surface area (Å²) in [6, 6.07) is 9.62. The van der Waals surface area contributed by atoms with Gasteiger partial charge in [0.1, 0.15) is 0 Å². The van der Waals surface area contributed by atoms with E-state index in [4.69, 9.17) is 0 Å². The predicted molar refractivity (Wildman–Crippen MR) is 67.8 cm³/mol. The van der Waals surface area contributed by atoms with Crippen molar-refractivity contribution in [2.24, 2.45) is 5.41 Å². The van der Waals surface area contributed by atoms with Crippen LogP contribution in [-0.4, -0.2) is 23.2 Å². The summed E-state index contributed by atoms with van der Waals surface area (Å²) >= 11 is 0. The van der Waals surface area contributed by atoms with Crippen LogP contribution in [0.25, 0.3) is 0 Å². The lowest BCUT2D eigenvalue weighted by molar-refractivity contribution is -0.135. The Hall–Kier alpha value is -1.35. The van der Waals surface area contributed by atoms with E-state index in [9.17, 15) is 9.90 Å². The molecule has 0 radical (unpaired) electrons. The van der Waals surface area contributed by atoms with Gasteiger partial charge >= 0.3 is 0 Å². The van der Waals surface area contributed by atoms with Crippen LogP contribution in [0.2, 0.25) is 0 Å². The van der Waals surface area contributed by atoms with Crippen molar-refractivity contribution in [1.82, 2.24) is 0 Å². The van der Waals surface area contributed by atoms with E-state index in [2.05, 4.69) is 0 Å². The van der Waals surface area contributed by atoms with Gasteiger partial charge in [-0.1, -0.05) is 32.0 Å².